The second-order valence-electron chi connectivity index (χ2n) is 7.82. The van der Waals surface area contributed by atoms with Gasteiger partial charge < -0.3 is 14.2 Å². The number of ether oxygens (including phenoxy) is 3. The minimum Gasteiger partial charge on any atom is -0.490 e. The second-order valence-corrected chi connectivity index (χ2v) is 7.82. The summed E-state index contributed by atoms with van der Waals surface area (Å²) in [5.41, 5.74) is 2.74. The third-order valence-corrected chi connectivity index (χ3v) is 5.34. The van der Waals surface area contributed by atoms with Crippen LogP contribution in [0.4, 0.5) is 5.69 Å². The van der Waals surface area contributed by atoms with Crippen LogP contribution in [0.3, 0.4) is 0 Å². The van der Waals surface area contributed by atoms with Crippen LogP contribution in [-0.4, -0.2) is 30.0 Å². The largest absolute Gasteiger partial charge is 0.490 e. The lowest BCUT2D eigenvalue weighted by molar-refractivity contribution is -0.385. The lowest BCUT2D eigenvalue weighted by atomic mass is 10.1. The van der Waals surface area contributed by atoms with Gasteiger partial charge in [-0.25, -0.2) is 9.79 Å². The van der Waals surface area contributed by atoms with Crippen molar-refractivity contribution in [2.45, 2.75) is 20.3 Å². The zero-order chi connectivity index (χ0) is 24.8. The molecule has 0 bridgehead atoms. The molecule has 0 amide bonds. The van der Waals surface area contributed by atoms with Crippen molar-refractivity contribution >= 4 is 23.6 Å². The van der Waals surface area contributed by atoms with Gasteiger partial charge in [0.2, 0.25) is 5.90 Å². The molecule has 1 aliphatic heterocycles. The topological polar surface area (TPSA) is 100 Å². The highest BCUT2D eigenvalue weighted by atomic mass is 16.6. The zero-order valence-electron chi connectivity index (χ0n) is 19.4. The molecule has 178 valence electrons. The minimum atomic E-state index is -0.635. The minimum absolute atomic E-state index is 0.0234. The number of hydrogen-bond donors (Lipinski definition) is 0. The van der Waals surface area contributed by atoms with Crippen molar-refractivity contribution in [3.05, 3.63) is 105 Å². The second kappa shape index (κ2) is 10.6. The maximum Gasteiger partial charge on any atom is 0.363 e. The average Bonchev–Trinajstić information content (AvgIpc) is 3.21. The molecule has 0 atom stereocenters. The molecular formula is C27H24N2O6. The molecule has 0 spiro atoms. The third kappa shape index (κ3) is 5.73. The number of hydrogen-bond acceptors (Lipinski definition) is 7. The molecule has 0 fully saturated rings. The van der Waals surface area contributed by atoms with Gasteiger partial charge in [0, 0.05) is 23.6 Å². The number of nitrogens with zero attached hydrogens (tertiary/aromatic N) is 2. The predicted octanol–water partition coefficient (Wildman–Crippen LogP) is 5.27. The summed E-state index contributed by atoms with van der Waals surface area (Å²) in [5, 5.41) is 11.2. The van der Waals surface area contributed by atoms with Gasteiger partial charge >= 0.3 is 5.97 Å². The van der Waals surface area contributed by atoms with Gasteiger partial charge in [-0.15, -0.1) is 0 Å². The number of cyclic esters (lactones) is 1. The van der Waals surface area contributed by atoms with Crippen molar-refractivity contribution < 1.29 is 23.9 Å². The van der Waals surface area contributed by atoms with Gasteiger partial charge in [-0.3, -0.25) is 10.1 Å². The van der Waals surface area contributed by atoms with Crippen molar-refractivity contribution in [1.82, 2.24) is 0 Å². The molecule has 1 aliphatic rings. The molecule has 0 unspecified atom stereocenters. The highest BCUT2D eigenvalue weighted by Gasteiger charge is 2.26. The van der Waals surface area contributed by atoms with Gasteiger partial charge in [0.1, 0.15) is 0 Å². The van der Waals surface area contributed by atoms with Gasteiger partial charge in [0.15, 0.2) is 17.2 Å². The molecule has 1 heterocycles. The Labute approximate surface area is 202 Å². The highest BCUT2D eigenvalue weighted by Crippen LogP contribution is 2.31. The average molecular weight is 472 g/mol. The fraction of sp³-hybridized carbons (Fsp3) is 0.185. The number of rotatable bonds is 9. The first-order valence-corrected chi connectivity index (χ1v) is 11.2. The van der Waals surface area contributed by atoms with Crippen LogP contribution in [0.15, 0.2) is 77.4 Å². The van der Waals surface area contributed by atoms with Gasteiger partial charge in [0.25, 0.3) is 5.69 Å². The van der Waals surface area contributed by atoms with Crippen LogP contribution in [0.2, 0.25) is 0 Å². The van der Waals surface area contributed by atoms with E-state index in [9.17, 15) is 14.9 Å². The Kier molecular flexibility index (Phi) is 7.21. The van der Waals surface area contributed by atoms with Gasteiger partial charge in [-0.05, 0) is 49.2 Å². The van der Waals surface area contributed by atoms with Gasteiger partial charge in [0.05, 0.1) is 18.1 Å². The summed E-state index contributed by atoms with van der Waals surface area (Å²) < 4.78 is 16.9. The molecule has 0 saturated heterocycles. The summed E-state index contributed by atoms with van der Waals surface area (Å²) in [5.74, 6) is 0.550. The quantitative estimate of drug-likeness (QED) is 0.182. The Morgan fingerprint density at radius 1 is 1.03 bits per heavy atom. The monoisotopic (exact) mass is 472 g/mol. The van der Waals surface area contributed by atoms with Crippen molar-refractivity contribution in [3.63, 3.8) is 0 Å². The van der Waals surface area contributed by atoms with E-state index in [1.165, 1.54) is 11.6 Å². The van der Waals surface area contributed by atoms with Crippen LogP contribution in [0.25, 0.3) is 6.08 Å². The lowest BCUT2D eigenvalue weighted by Gasteiger charge is -2.12. The van der Waals surface area contributed by atoms with Crippen molar-refractivity contribution in [1.29, 1.82) is 0 Å². The molecule has 0 aliphatic carbocycles. The molecule has 8 heteroatoms. The molecule has 0 radical (unpaired) electrons. The van der Waals surface area contributed by atoms with E-state index in [4.69, 9.17) is 14.2 Å². The Bertz CT molecular complexity index is 1310. The van der Waals surface area contributed by atoms with E-state index in [2.05, 4.69) is 4.99 Å². The van der Waals surface area contributed by atoms with E-state index < -0.39 is 10.9 Å². The van der Waals surface area contributed by atoms with E-state index in [-0.39, 0.29) is 17.3 Å². The molecule has 0 aromatic heterocycles. The maximum atomic E-state index is 12.4. The fourth-order valence-electron chi connectivity index (χ4n) is 3.56. The third-order valence-electron chi connectivity index (χ3n) is 5.34. The van der Waals surface area contributed by atoms with E-state index in [0.717, 1.165) is 6.42 Å². The molecular weight excluding hydrogens is 448 g/mol. The molecule has 4 rings (SSSR count). The number of carbonyl (C=O) groups is 1. The Morgan fingerprint density at radius 2 is 1.83 bits per heavy atom. The number of aliphatic imine (C=N–C) groups is 1. The van der Waals surface area contributed by atoms with Crippen LogP contribution in [-0.2, 0) is 16.0 Å². The number of nitro benzene ring substituents is 1. The summed E-state index contributed by atoms with van der Waals surface area (Å²) in [7, 11) is 0. The van der Waals surface area contributed by atoms with Crippen LogP contribution >= 0.6 is 0 Å². The first kappa shape index (κ1) is 23.7. The zero-order valence-corrected chi connectivity index (χ0v) is 19.4. The Hall–Kier alpha value is -4.46. The maximum absolute atomic E-state index is 12.4. The van der Waals surface area contributed by atoms with Crippen molar-refractivity contribution in [2.24, 2.45) is 4.99 Å². The summed E-state index contributed by atoms with van der Waals surface area (Å²) in [4.78, 5) is 27.4. The number of esters is 1. The van der Waals surface area contributed by atoms with Crippen LogP contribution in [0.5, 0.6) is 11.5 Å². The standard InChI is InChI=1S/C27H24N2O6/c1-3-33-25-16-20(10-12-24(25)34-14-13-19-7-5-4-6-8-19)15-22-27(30)35-26(28-22)21-11-9-18(2)23(17-21)29(31)32/h4-12,15-17H,3,13-14H2,1-2H3/b22-15-. The predicted molar refractivity (Wildman–Crippen MR) is 132 cm³/mol. The first-order valence-electron chi connectivity index (χ1n) is 11.2. The molecule has 3 aromatic rings. The van der Waals surface area contributed by atoms with E-state index in [1.54, 1.807) is 43.3 Å². The number of carbonyl (C=O) groups excluding carboxylic acids is 1. The number of aryl methyl sites for hydroxylation is 1. The van der Waals surface area contributed by atoms with Crippen LogP contribution in [0.1, 0.15) is 29.2 Å². The normalized spacial score (nSPS) is 13.9. The SMILES string of the molecule is CCOc1cc(/C=C2\N=C(c3ccc(C)c([N+](=O)[O-])c3)OC2=O)ccc1OCCc1ccccc1. The number of nitro groups is 1. The molecule has 0 N–H and O–H groups in total. The molecule has 35 heavy (non-hydrogen) atoms. The van der Waals surface area contributed by atoms with Crippen molar-refractivity contribution in [2.75, 3.05) is 13.2 Å². The summed E-state index contributed by atoms with van der Waals surface area (Å²) >= 11 is 0. The van der Waals surface area contributed by atoms with E-state index >= 15 is 0 Å². The first-order chi connectivity index (χ1) is 16.9. The van der Waals surface area contributed by atoms with Gasteiger partial charge in [-0.1, -0.05) is 42.5 Å². The summed E-state index contributed by atoms with van der Waals surface area (Å²) in [6.45, 7) is 4.46. The highest BCUT2D eigenvalue weighted by molar-refractivity contribution is 6.13. The van der Waals surface area contributed by atoms with Gasteiger partial charge in [-0.2, -0.15) is 0 Å². The van der Waals surface area contributed by atoms with Crippen molar-refractivity contribution in [3.8, 4) is 11.5 Å². The Balaban J connectivity index is 1.53. The lowest BCUT2D eigenvalue weighted by Crippen LogP contribution is -2.06. The molecule has 3 aromatic carbocycles. The van der Waals surface area contributed by atoms with E-state index in [0.29, 0.717) is 41.4 Å². The summed E-state index contributed by atoms with van der Waals surface area (Å²) in [6, 6.07) is 20.0. The number of benzene rings is 3. The van der Waals surface area contributed by atoms with Crippen LogP contribution in [0, 0.1) is 17.0 Å². The summed E-state index contributed by atoms with van der Waals surface area (Å²) in [6.07, 6.45) is 2.34. The fourth-order valence-corrected chi connectivity index (χ4v) is 3.56. The van der Waals surface area contributed by atoms with E-state index in [1.807, 2.05) is 37.3 Å². The van der Waals surface area contributed by atoms with Crippen LogP contribution < -0.4 is 9.47 Å². The molecule has 0 saturated carbocycles. The Morgan fingerprint density at radius 3 is 2.57 bits per heavy atom. The smallest absolute Gasteiger partial charge is 0.363 e. The molecule has 8 nitrogen and oxygen atoms in total.